The molecule has 0 amide bonds. The Bertz CT molecular complexity index is 914. The predicted octanol–water partition coefficient (Wildman–Crippen LogP) is -0.297. The SMILES string of the molecule is CC(C)N(C[C@H]1O[C@@H](N2CNC3C(N)NCNC32)[C@H](O)[C@@H]1O)C1CC(CCC2NC3CCC(CC(F)(F)F)CC3N2)C1. The second-order valence-corrected chi connectivity index (χ2v) is 14.0. The van der Waals surface area contributed by atoms with E-state index in [4.69, 9.17) is 10.5 Å². The van der Waals surface area contributed by atoms with Crippen LogP contribution in [-0.4, -0.2) is 119 Å². The maximum absolute atomic E-state index is 12.9. The number of alkyl halides is 3. The lowest BCUT2D eigenvalue weighted by Gasteiger charge is -2.46. The van der Waals surface area contributed by atoms with Gasteiger partial charge in [0, 0.05) is 43.8 Å². The summed E-state index contributed by atoms with van der Waals surface area (Å²) in [4.78, 5) is 4.43. The van der Waals surface area contributed by atoms with Crippen molar-refractivity contribution in [3.8, 4) is 0 Å². The van der Waals surface area contributed by atoms with E-state index in [1.165, 1.54) is 0 Å². The van der Waals surface area contributed by atoms with Gasteiger partial charge in [-0.05, 0) is 70.6 Å². The fourth-order valence-corrected chi connectivity index (χ4v) is 8.49. The summed E-state index contributed by atoms with van der Waals surface area (Å²) in [6, 6.07) is 1.08. The lowest BCUT2D eigenvalue weighted by Crippen LogP contribution is -2.68. The number of fused-ring (bicyclic) bond motifs is 2. The first kappa shape index (κ1) is 31.3. The zero-order chi connectivity index (χ0) is 29.8. The van der Waals surface area contributed by atoms with Crippen LogP contribution in [-0.2, 0) is 4.74 Å². The Morgan fingerprint density at radius 3 is 2.48 bits per heavy atom. The fourth-order valence-electron chi connectivity index (χ4n) is 8.49. The Labute approximate surface area is 246 Å². The Balaban J connectivity index is 0.951. The number of nitrogens with zero attached hydrogens (tertiary/aromatic N) is 2. The van der Waals surface area contributed by atoms with E-state index in [1.54, 1.807) is 0 Å². The Kier molecular flexibility index (Phi) is 9.42. The third kappa shape index (κ3) is 6.64. The minimum absolute atomic E-state index is 0.0187. The molecule has 2 aliphatic carbocycles. The first-order valence-corrected chi connectivity index (χ1v) is 16.0. The number of aliphatic hydroxyl groups excluding tert-OH is 2. The number of halogens is 3. The summed E-state index contributed by atoms with van der Waals surface area (Å²) < 4.78 is 44.9. The largest absolute Gasteiger partial charge is 0.389 e. The van der Waals surface area contributed by atoms with Crippen LogP contribution in [0.5, 0.6) is 0 Å². The molecule has 4 aliphatic heterocycles. The highest BCUT2D eigenvalue weighted by Crippen LogP contribution is 2.39. The molecule has 4 heterocycles. The average Bonchev–Trinajstić information content (AvgIpc) is 3.58. The molecule has 11 atom stereocenters. The van der Waals surface area contributed by atoms with Gasteiger partial charge in [-0.2, -0.15) is 13.2 Å². The van der Waals surface area contributed by atoms with Crippen LogP contribution in [0.25, 0.3) is 0 Å². The molecule has 7 unspecified atom stereocenters. The summed E-state index contributed by atoms with van der Waals surface area (Å²) in [5.41, 5.74) is 6.20. The van der Waals surface area contributed by atoms with E-state index in [0.717, 1.165) is 32.1 Å². The van der Waals surface area contributed by atoms with Gasteiger partial charge < -0.3 is 20.7 Å². The van der Waals surface area contributed by atoms with Gasteiger partial charge in [0.2, 0.25) is 0 Å². The highest BCUT2D eigenvalue weighted by molar-refractivity contribution is 5.03. The van der Waals surface area contributed by atoms with E-state index in [9.17, 15) is 23.4 Å². The molecule has 11 nitrogen and oxygen atoms in total. The molecule has 6 aliphatic rings. The van der Waals surface area contributed by atoms with Gasteiger partial charge in [-0.1, -0.05) is 0 Å². The zero-order valence-electron chi connectivity index (χ0n) is 24.8. The molecule has 0 aromatic carbocycles. The molecule has 9 N–H and O–H groups in total. The van der Waals surface area contributed by atoms with Crippen LogP contribution in [0, 0.1) is 11.8 Å². The summed E-state index contributed by atoms with van der Waals surface area (Å²) in [5.74, 6) is 0.340. The van der Waals surface area contributed by atoms with Gasteiger partial charge in [0.15, 0.2) is 0 Å². The molecule has 0 spiro atoms. The highest BCUT2D eigenvalue weighted by atomic mass is 19.4. The number of hydrogen-bond donors (Lipinski definition) is 8. The minimum atomic E-state index is -4.08. The maximum Gasteiger partial charge on any atom is 0.389 e. The van der Waals surface area contributed by atoms with Crippen LogP contribution >= 0.6 is 0 Å². The van der Waals surface area contributed by atoms with E-state index in [0.29, 0.717) is 44.7 Å². The second kappa shape index (κ2) is 12.6. The zero-order valence-corrected chi connectivity index (χ0v) is 24.8. The van der Waals surface area contributed by atoms with Crippen LogP contribution in [0.15, 0.2) is 0 Å². The number of ether oxygens (including phenoxy) is 1. The number of rotatable bonds is 9. The number of nitrogens with one attached hydrogen (secondary N) is 5. The summed E-state index contributed by atoms with van der Waals surface area (Å²) in [5, 5.41) is 39.1. The van der Waals surface area contributed by atoms with Crippen LogP contribution in [0.3, 0.4) is 0 Å². The molecule has 0 bridgehead atoms. The van der Waals surface area contributed by atoms with Crippen molar-refractivity contribution < 1.29 is 28.1 Å². The molecule has 0 aromatic rings. The van der Waals surface area contributed by atoms with E-state index in [-0.39, 0.29) is 48.6 Å². The lowest BCUT2D eigenvalue weighted by molar-refractivity contribution is -0.147. The molecule has 2 saturated carbocycles. The number of hydrogen-bond acceptors (Lipinski definition) is 11. The normalized spacial score (nSPS) is 46.3. The van der Waals surface area contributed by atoms with Crippen molar-refractivity contribution in [2.24, 2.45) is 17.6 Å². The highest BCUT2D eigenvalue weighted by Gasteiger charge is 2.52. The van der Waals surface area contributed by atoms with Gasteiger partial charge >= 0.3 is 6.18 Å². The average molecular weight is 605 g/mol. The summed E-state index contributed by atoms with van der Waals surface area (Å²) in [6.45, 7) is 5.96. The smallest absolute Gasteiger partial charge is 0.387 e. The van der Waals surface area contributed by atoms with Gasteiger partial charge in [0.25, 0.3) is 0 Å². The standard InChI is InChI=1S/C28H51F3N8O3/c1-14(2)38(11-20-23(40)24(41)27(42-20)39-13-35-22-25(32)33-12-34-26(22)39)17-7-15(8-17)4-6-21-36-18-5-3-16(9-19(18)37-21)10-28(29,30)31/h14-27,33-37,40-41H,3-13,32H2,1-2H3/t15?,16?,17?,18?,19?,20-,21?,22?,23-,24-,25?,26?,27-/m1/s1. The number of nitrogens with two attached hydrogens (primary N) is 1. The third-order valence-electron chi connectivity index (χ3n) is 10.8. The molecule has 4 saturated heterocycles. The van der Waals surface area contributed by atoms with Crippen molar-refractivity contribution in [2.45, 2.75) is 145 Å². The van der Waals surface area contributed by atoms with Crippen molar-refractivity contribution in [2.75, 3.05) is 19.9 Å². The van der Waals surface area contributed by atoms with E-state index >= 15 is 0 Å². The summed E-state index contributed by atoms with van der Waals surface area (Å²) in [6.07, 6.45) is -1.68. The molecular formula is C28H51F3N8O3. The predicted molar refractivity (Wildman–Crippen MR) is 150 cm³/mol. The molecule has 242 valence electrons. The van der Waals surface area contributed by atoms with Gasteiger partial charge in [-0.3, -0.25) is 31.5 Å². The van der Waals surface area contributed by atoms with Crippen LogP contribution in [0.1, 0.15) is 65.2 Å². The van der Waals surface area contributed by atoms with Crippen LogP contribution in [0.4, 0.5) is 13.2 Å². The van der Waals surface area contributed by atoms with Gasteiger partial charge in [0.1, 0.15) is 24.5 Å². The molecule has 6 rings (SSSR count). The molecule has 0 aromatic heterocycles. The van der Waals surface area contributed by atoms with Crippen molar-refractivity contribution in [1.29, 1.82) is 0 Å². The monoisotopic (exact) mass is 604 g/mol. The first-order chi connectivity index (χ1) is 20.0. The van der Waals surface area contributed by atoms with Crippen molar-refractivity contribution in [3.63, 3.8) is 0 Å². The number of aliphatic hydroxyl groups is 2. The van der Waals surface area contributed by atoms with E-state index in [2.05, 4.69) is 45.3 Å². The van der Waals surface area contributed by atoms with Crippen molar-refractivity contribution in [1.82, 2.24) is 36.4 Å². The van der Waals surface area contributed by atoms with Crippen molar-refractivity contribution >= 4 is 0 Å². The third-order valence-corrected chi connectivity index (χ3v) is 10.8. The summed E-state index contributed by atoms with van der Waals surface area (Å²) in [7, 11) is 0. The molecule has 14 heteroatoms. The van der Waals surface area contributed by atoms with Crippen LogP contribution < -0.4 is 32.3 Å². The topological polar surface area (TPSA) is 142 Å². The van der Waals surface area contributed by atoms with E-state index < -0.39 is 37.1 Å². The lowest BCUT2D eigenvalue weighted by atomic mass is 9.76. The molecule has 6 fully saturated rings. The Hall–Kier alpha value is -0.650. The van der Waals surface area contributed by atoms with Crippen LogP contribution in [0.2, 0.25) is 0 Å². The van der Waals surface area contributed by atoms with E-state index in [1.807, 2.05) is 4.90 Å². The molecule has 42 heavy (non-hydrogen) atoms. The molecular weight excluding hydrogens is 553 g/mol. The molecule has 0 radical (unpaired) electrons. The quantitative estimate of drug-likeness (QED) is 0.176. The first-order valence-electron chi connectivity index (χ1n) is 16.0. The fraction of sp³-hybridized carbons (Fsp3) is 1.00. The second-order valence-electron chi connectivity index (χ2n) is 14.0. The Morgan fingerprint density at radius 2 is 1.74 bits per heavy atom. The summed E-state index contributed by atoms with van der Waals surface area (Å²) >= 11 is 0. The maximum atomic E-state index is 12.9. The minimum Gasteiger partial charge on any atom is -0.387 e. The van der Waals surface area contributed by atoms with Gasteiger partial charge in [0.05, 0.1) is 31.2 Å². The Morgan fingerprint density at radius 1 is 0.976 bits per heavy atom. The van der Waals surface area contributed by atoms with Crippen molar-refractivity contribution in [3.05, 3.63) is 0 Å². The van der Waals surface area contributed by atoms with Gasteiger partial charge in [-0.25, -0.2) is 4.90 Å². The van der Waals surface area contributed by atoms with Gasteiger partial charge in [-0.15, -0.1) is 0 Å².